The lowest BCUT2D eigenvalue weighted by molar-refractivity contribution is -0.122. The second kappa shape index (κ2) is 8.41. The van der Waals surface area contributed by atoms with Crippen molar-refractivity contribution in [2.24, 2.45) is 0 Å². The fourth-order valence-corrected chi connectivity index (χ4v) is 2.97. The number of amides is 1. The topological polar surface area (TPSA) is 87.9 Å². The van der Waals surface area contributed by atoms with E-state index in [2.05, 4.69) is 15.3 Å². The van der Waals surface area contributed by atoms with Crippen molar-refractivity contribution < 1.29 is 9.53 Å². The van der Waals surface area contributed by atoms with Crippen molar-refractivity contribution in [3.05, 3.63) is 84.6 Å². The Balaban J connectivity index is 1.43. The predicted molar refractivity (Wildman–Crippen MR) is 115 cm³/mol. The minimum atomic E-state index is -0.706. The number of rotatable bonds is 5. The summed E-state index contributed by atoms with van der Waals surface area (Å²) in [6, 6.07) is 23.9. The second-order valence-corrected chi connectivity index (χ2v) is 6.71. The van der Waals surface area contributed by atoms with Gasteiger partial charge in [-0.3, -0.25) is 9.78 Å². The summed E-state index contributed by atoms with van der Waals surface area (Å²) < 4.78 is 5.75. The third-order valence-corrected chi connectivity index (χ3v) is 4.54. The molecule has 1 heterocycles. The van der Waals surface area contributed by atoms with Crippen LogP contribution in [0.5, 0.6) is 5.75 Å². The van der Waals surface area contributed by atoms with Crippen LogP contribution in [0.25, 0.3) is 22.3 Å². The Hall–Kier alpha value is -4.24. The highest BCUT2D eigenvalue weighted by molar-refractivity contribution is 5.94. The van der Waals surface area contributed by atoms with Crippen LogP contribution in [0.15, 0.2) is 79.0 Å². The Labute approximate surface area is 173 Å². The maximum atomic E-state index is 12.4. The van der Waals surface area contributed by atoms with Gasteiger partial charge in [0, 0.05) is 11.3 Å². The molecule has 0 radical (unpaired) electrons. The molecule has 0 aliphatic heterocycles. The Kier molecular flexibility index (Phi) is 5.35. The number of nitrogens with zero attached hydrogens (tertiary/aromatic N) is 3. The first-order chi connectivity index (χ1) is 14.6. The molecule has 0 fully saturated rings. The molecule has 0 unspecified atom stereocenters. The van der Waals surface area contributed by atoms with Crippen LogP contribution in [0.3, 0.4) is 0 Å². The Bertz CT molecular complexity index is 1250. The summed E-state index contributed by atoms with van der Waals surface area (Å²) in [6.07, 6.45) is 1.03. The summed E-state index contributed by atoms with van der Waals surface area (Å²) in [4.78, 5) is 21.5. The molecule has 146 valence electrons. The smallest absolute Gasteiger partial charge is 0.265 e. The van der Waals surface area contributed by atoms with Gasteiger partial charge in [0.1, 0.15) is 5.75 Å². The molecule has 6 nitrogen and oxygen atoms in total. The van der Waals surface area contributed by atoms with E-state index in [-0.39, 0.29) is 5.91 Å². The number of ether oxygens (including phenoxy) is 1. The zero-order valence-corrected chi connectivity index (χ0v) is 16.2. The van der Waals surface area contributed by atoms with Crippen molar-refractivity contribution in [2.75, 3.05) is 5.32 Å². The van der Waals surface area contributed by atoms with Gasteiger partial charge in [0.15, 0.2) is 6.10 Å². The van der Waals surface area contributed by atoms with Gasteiger partial charge in [0.2, 0.25) is 0 Å². The highest BCUT2D eigenvalue weighted by Crippen LogP contribution is 2.23. The van der Waals surface area contributed by atoms with Crippen molar-refractivity contribution in [3.8, 4) is 23.1 Å². The van der Waals surface area contributed by atoms with Crippen LogP contribution < -0.4 is 10.1 Å². The molecule has 4 aromatic rings. The predicted octanol–water partition coefficient (Wildman–Crippen LogP) is 4.57. The van der Waals surface area contributed by atoms with Crippen LogP contribution in [0, 0.1) is 11.3 Å². The Morgan fingerprint density at radius 1 is 1.03 bits per heavy atom. The maximum absolute atomic E-state index is 12.4. The standard InChI is InChI=1S/C24H18N4O2/c1-16(24(29)27-19-6-4-5-17(13-19)14-25)30-20-11-9-18(10-12-20)23-15-26-21-7-2-3-8-22(21)28-23/h2-13,15-16H,1H3,(H,27,29)/t16-/m0/s1. The summed E-state index contributed by atoms with van der Waals surface area (Å²) in [5, 5.41) is 11.7. The zero-order chi connectivity index (χ0) is 20.9. The van der Waals surface area contributed by atoms with E-state index in [1.807, 2.05) is 42.5 Å². The molecule has 6 heteroatoms. The number of carbonyl (C=O) groups is 1. The first-order valence-electron chi connectivity index (χ1n) is 9.42. The van der Waals surface area contributed by atoms with E-state index >= 15 is 0 Å². The number of nitriles is 1. The van der Waals surface area contributed by atoms with E-state index in [0.717, 1.165) is 22.3 Å². The molecule has 0 aliphatic carbocycles. The molecule has 1 atom stereocenters. The molecule has 1 aromatic heterocycles. The van der Waals surface area contributed by atoms with E-state index in [9.17, 15) is 4.79 Å². The van der Waals surface area contributed by atoms with Crippen LogP contribution >= 0.6 is 0 Å². The fraction of sp³-hybridized carbons (Fsp3) is 0.0833. The lowest BCUT2D eigenvalue weighted by Crippen LogP contribution is -2.30. The van der Waals surface area contributed by atoms with E-state index in [0.29, 0.717) is 17.0 Å². The number of benzene rings is 3. The largest absolute Gasteiger partial charge is 0.481 e. The zero-order valence-electron chi connectivity index (χ0n) is 16.2. The third-order valence-electron chi connectivity index (χ3n) is 4.54. The number of para-hydroxylation sites is 2. The number of hydrogen-bond acceptors (Lipinski definition) is 5. The van der Waals surface area contributed by atoms with Gasteiger partial charge >= 0.3 is 0 Å². The lowest BCUT2D eigenvalue weighted by Gasteiger charge is -2.15. The molecular formula is C24H18N4O2. The van der Waals surface area contributed by atoms with Crippen molar-refractivity contribution in [3.63, 3.8) is 0 Å². The number of carbonyl (C=O) groups excluding carboxylic acids is 1. The molecule has 0 spiro atoms. The Morgan fingerprint density at radius 2 is 1.80 bits per heavy atom. The maximum Gasteiger partial charge on any atom is 0.265 e. The lowest BCUT2D eigenvalue weighted by atomic mass is 10.1. The molecule has 0 aliphatic rings. The van der Waals surface area contributed by atoms with Crippen LogP contribution in [0.1, 0.15) is 12.5 Å². The molecule has 0 bridgehead atoms. The molecule has 1 amide bonds. The molecule has 1 N–H and O–H groups in total. The first kappa shape index (κ1) is 19.1. The number of anilines is 1. The van der Waals surface area contributed by atoms with Crippen LogP contribution in [-0.4, -0.2) is 22.0 Å². The molecule has 0 saturated carbocycles. The summed E-state index contributed by atoms with van der Waals surface area (Å²) in [5.41, 5.74) is 4.39. The molecular weight excluding hydrogens is 376 g/mol. The average molecular weight is 394 g/mol. The van der Waals surface area contributed by atoms with E-state index < -0.39 is 6.10 Å². The van der Waals surface area contributed by atoms with Crippen LogP contribution in [0.4, 0.5) is 5.69 Å². The van der Waals surface area contributed by atoms with Gasteiger partial charge < -0.3 is 10.1 Å². The molecule has 4 rings (SSSR count). The second-order valence-electron chi connectivity index (χ2n) is 6.71. The SMILES string of the molecule is C[C@H](Oc1ccc(-c2cnc3ccccc3n2)cc1)C(=O)Nc1cccc(C#N)c1. The average Bonchev–Trinajstić information content (AvgIpc) is 2.79. The van der Waals surface area contributed by atoms with E-state index in [4.69, 9.17) is 10.00 Å². The van der Waals surface area contributed by atoms with Crippen molar-refractivity contribution in [1.29, 1.82) is 5.26 Å². The number of aromatic nitrogens is 2. The number of nitrogens with one attached hydrogen (secondary N) is 1. The molecule has 3 aromatic carbocycles. The van der Waals surface area contributed by atoms with Gasteiger partial charge in [-0.1, -0.05) is 18.2 Å². The minimum Gasteiger partial charge on any atom is -0.481 e. The van der Waals surface area contributed by atoms with Crippen molar-refractivity contribution in [2.45, 2.75) is 13.0 Å². The number of fused-ring (bicyclic) bond motifs is 1. The van der Waals surface area contributed by atoms with Crippen LogP contribution in [-0.2, 0) is 4.79 Å². The van der Waals surface area contributed by atoms with E-state index in [1.165, 1.54) is 0 Å². The number of hydrogen-bond donors (Lipinski definition) is 1. The highest BCUT2D eigenvalue weighted by atomic mass is 16.5. The van der Waals surface area contributed by atoms with Gasteiger partial charge in [-0.05, 0) is 61.5 Å². The van der Waals surface area contributed by atoms with Crippen LogP contribution in [0.2, 0.25) is 0 Å². The first-order valence-corrected chi connectivity index (χ1v) is 9.42. The van der Waals surface area contributed by atoms with E-state index in [1.54, 1.807) is 49.5 Å². The summed E-state index contributed by atoms with van der Waals surface area (Å²) in [7, 11) is 0. The molecule has 30 heavy (non-hydrogen) atoms. The highest BCUT2D eigenvalue weighted by Gasteiger charge is 2.15. The fourth-order valence-electron chi connectivity index (χ4n) is 2.97. The minimum absolute atomic E-state index is 0.297. The van der Waals surface area contributed by atoms with Crippen molar-refractivity contribution in [1.82, 2.24) is 9.97 Å². The normalized spacial score (nSPS) is 11.5. The monoisotopic (exact) mass is 394 g/mol. The Morgan fingerprint density at radius 3 is 2.57 bits per heavy atom. The van der Waals surface area contributed by atoms with Gasteiger partial charge in [0.05, 0.1) is 34.6 Å². The quantitative estimate of drug-likeness (QED) is 0.535. The van der Waals surface area contributed by atoms with Gasteiger partial charge in [-0.15, -0.1) is 0 Å². The third kappa shape index (κ3) is 4.26. The molecule has 0 saturated heterocycles. The van der Waals surface area contributed by atoms with Crippen molar-refractivity contribution >= 4 is 22.6 Å². The summed E-state index contributed by atoms with van der Waals surface area (Å²) in [5.74, 6) is 0.274. The van der Waals surface area contributed by atoms with Gasteiger partial charge in [-0.2, -0.15) is 5.26 Å². The summed E-state index contributed by atoms with van der Waals surface area (Å²) >= 11 is 0. The van der Waals surface area contributed by atoms with Gasteiger partial charge in [-0.25, -0.2) is 4.98 Å². The summed E-state index contributed by atoms with van der Waals surface area (Å²) in [6.45, 7) is 1.67. The van der Waals surface area contributed by atoms with Gasteiger partial charge in [0.25, 0.3) is 5.91 Å².